The number of H-pyrrole nitrogens is 2. The second-order valence-electron chi connectivity index (χ2n) is 6.54. The molecule has 0 radical (unpaired) electrons. The van der Waals surface area contributed by atoms with Crippen LogP contribution >= 0.6 is 0 Å². The normalized spacial score (nSPS) is 21.4. The SMILES string of the molecule is Cc1nnc(-c2c[nH]c(=O)[nH]c2=O)cc1N1CC(C)CC(C)C1. The van der Waals surface area contributed by atoms with E-state index in [2.05, 4.69) is 38.9 Å². The number of aryl methyl sites for hydroxylation is 1. The van der Waals surface area contributed by atoms with Crippen molar-refractivity contribution in [2.75, 3.05) is 18.0 Å². The Morgan fingerprint density at radius 2 is 1.87 bits per heavy atom. The predicted octanol–water partition coefficient (Wildman–Crippen LogP) is 1.31. The Morgan fingerprint density at radius 1 is 1.17 bits per heavy atom. The van der Waals surface area contributed by atoms with E-state index in [9.17, 15) is 9.59 Å². The van der Waals surface area contributed by atoms with Crippen LogP contribution in [0.25, 0.3) is 11.3 Å². The highest BCUT2D eigenvalue weighted by molar-refractivity contribution is 5.64. The molecular weight excluding hydrogens is 294 g/mol. The van der Waals surface area contributed by atoms with Gasteiger partial charge in [-0.15, -0.1) is 5.10 Å². The molecule has 2 N–H and O–H groups in total. The van der Waals surface area contributed by atoms with Gasteiger partial charge in [-0.05, 0) is 31.2 Å². The summed E-state index contributed by atoms with van der Waals surface area (Å²) in [7, 11) is 0. The molecule has 0 amide bonds. The first-order chi connectivity index (χ1) is 10.9. The summed E-state index contributed by atoms with van der Waals surface area (Å²) < 4.78 is 0. The quantitative estimate of drug-likeness (QED) is 0.871. The van der Waals surface area contributed by atoms with Crippen molar-refractivity contribution in [3.05, 3.63) is 38.8 Å². The molecule has 3 rings (SSSR count). The molecule has 1 saturated heterocycles. The highest BCUT2D eigenvalue weighted by Gasteiger charge is 2.24. The molecule has 7 nitrogen and oxygen atoms in total. The number of piperidine rings is 1. The van der Waals surface area contributed by atoms with E-state index in [4.69, 9.17) is 0 Å². The zero-order valence-corrected chi connectivity index (χ0v) is 13.6. The first-order valence-electron chi connectivity index (χ1n) is 7.85. The first kappa shape index (κ1) is 15.5. The van der Waals surface area contributed by atoms with Crippen LogP contribution in [0.4, 0.5) is 5.69 Å². The van der Waals surface area contributed by atoms with Gasteiger partial charge in [-0.3, -0.25) is 9.78 Å². The van der Waals surface area contributed by atoms with Gasteiger partial charge in [0.15, 0.2) is 0 Å². The van der Waals surface area contributed by atoms with Gasteiger partial charge in [-0.2, -0.15) is 5.10 Å². The minimum Gasteiger partial charge on any atom is -0.369 e. The summed E-state index contributed by atoms with van der Waals surface area (Å²) in [5.41, 5.74) is 1.64. The molecule has 1 aliphatic rings. The van der Waals surface area contributed by atoms with Gasteiger partial charge in [0.05, 0.1) is 16.9 Å². The molecule has 23 heavy (non-hydrogen) atoms. The molecule has 1 aliphatic heterocycles. The van der Waals surface area contributed by atoms with Crippen molar-refractivity contribution in [2.45, 2.75) is 27.2 Å². The second kappa shape index (κ2) is 5.98. The third-order valence-corrected chi connectivity index (χ3v) is 4.26. The summed E-state index contributed by atoms with van der Waals surface area (Å²) in [6, 6.07) is 1.88. The van der Waals surface area contributed by atoms with Crippen molar-refractivity contribution in [3.8, 4) is 11.3 Å². The van der Waals surface area contributed by atoms with Crippen LogP contribution < -0.4 is 16.1 Å². The summed E-state index contributed by atoms with van der Waals surface area (Å²) >= 11 is 0. The number of aromatic amines is 2. The number of hydrogen-bond donors (Lipinski definition) is 2. The number of nitrogens with one attached hydrogen (secondary N) is 2. The van der Waals surface area contributed by atoms with E-state index in [-0.39, 0.29) is 0 Å². The summed E-state index contributed by atoms with van der Waals surface area (Å²) in [5, 5.41) is 8.32. The van der Waals surface area contributed by atoms with E-state index < -0.39 is 11.2 Å². The maximum Gasteiger partial charge on any atom is 0.325 e. The Hall–Kier alpha value is -2.44. The maximum atomic E-state index is 12.0. The molecule has 0 aliphatic carbocycles. The summed E-state index contributed by atoms with van der Waals surface area (Å²) in [6.07, 6.45) is 2.60. The molecular formula is C16H21N5O2. The molecule has 7 heteroatoms. The Morgan fingerprint density at radius 3 is 2.52 bits per heavy atom. The summed E-state index contributed by atoms with van der Waals surface area (Å²) in [5.74, 6) is 1.23. The third kappa shape index (κ3) is 3.18. The monoisotopic (exact) mass is 315 g/mol. The number of rotatable bonds is 2. The van der Waals surface area contributed by atoms with Crippen LogP contribution in [0.15, 0.2) is 21.9 Å². The molecule has 1 fully saturated rings. The predicted molar refractivity (Wildman–Crippen MR) is 88.6 cm³/mol. The molecule has 0 saturated carbocycles. The lowest BCUT2D eigenvalue weighted by molar-refractivity contribution is 0.356. The number of nitrogens with zero attached hydrogens (tertiary/aromatic N) is 3. The minimum atomic E-state index is -0.530. The van der Waals surface area contributed by atoms with Crippen molar-refractivity contribution in [1.82, 2.24) is 20.2 Å². The van der Waals surface area contributed by atoms with Crippen molar-refractivity contribution in [1.29, 1.82) is 0 Å². The van der Waals surface area contributed by atoms with Crippen molar-refractivity contribution in [2.24, 2.45) is 11.8 Å². The molecule has 2 atom stereocenters. The summed E-state index contributed by atoms with van der Waals surface area (Å²) in [6.45, 7) is 8.37. The Balaban J connectivity index is 2.02. The fourth-order valence-electron chi connectivity index (χ4n) is 3.35. The minimum absolute atomic E-state index is 0.316. The van der Waals surface area contributed by atoms with Crippen LogP contribution in [0.1, 0.15) is 26.0 Å². The first-order valence-corrected chi connectivity index (χ1v) is 7.85. The molecule has 2 aromatic rings. The summed E-state index contributed by atoms with van der Waals surface area (Å²) in [4.78, 5) is 30.1. The lowest BCUT2D eigenvalue weighted by Gasteiger charge is -2.37. The largest absolute Gasteiger partial charge is 0.369 e. The van der Waals surface area contributed by atoms with Crippen molar-refractivity contribution in [3.63, 3.8) is 0 Å². The second-order valence-corrected chi connectivity index (χ2v) is 6.54. The highest BCUT2D eigenvalue weighted by Crippen LogP contribution is 2.29. The lowest BCUT2D eigenvalue weighted by Crippen LogP contribution is -2.39. The van der Waals surface area contributed by atoms with Gasteiger partial charge in [0, 0.05) is 19.3 Å². The van der Waals surface area contributed by atoms with Crippen LogP contribution in [0.2, 0.25) is 0 Å². The van der Waals surface area contributed by atoms with E-state index in [1.807, 2.05) is 13.0 Å². The van der Waals surface area contributed by atoms with E-state index >= 15 is 0 Å². The Labute approximate surface area is 133 Å². The number of anilines is 1. The van der Waals surface area contributed by atoms with Gasteiger partial charge < -0.3 is 9.88 Å². The number of hydrogen-bond acceptors (Lipinski definition) is 5. The van der Waals surface area contributed by atoms with Crippen LogP contribution in [0.5, 0.6) is 0 Å². The standard InChI is InChI=1S/C16H21N5O2/c1-9-4-10(2)8-21(7-9)14-5-13(20-19-11(14)3)12-6-17-16(23)18-15(12)22/h5-6,9-10H,4,7-8H2,1-3H3,(H2,17,18,22,23). The van der Waals surface area contributed by atoms with Gasteiger partial charge in [0.2, 0.25) is 0 Å². The molecule has 2 unspecified atom stereocenters. The average molecular weight is 315 g/mol. The molecule has 0 aromatic carbocycles. The molecule has 0 spiro atoms. The number of aromatic nitrogens is 4. The fraction of sp³-hybridized carbons (Fsp3) is 0.500. The van der Waals surface area contributed by atoms with Gasteiger partial charge in [-0.25, -0.2) is 4.79 Å². The zero-order valence-electron chi connectivity index (χ0n) is 13.6. The molecule has 0 bridgehead atoms. The fourth-order valence-corrected chi connectivity index (χ4v) is 3.35. The Kier molecular flexibility index (Phi) is 4.02. The lowest BCUT2D eigenvalue weighted by atomic mass is 9.91. The van der Waals surface area contributed by atoms with Crippen molar-refractivity contribution < 1.29 is 0 Å². The topological polar surface area (TPSA) is 94.7 Å². The van der Waals surface area contributed by atoms with E-state index in [0.29, 0.717) is 23.1 Å². The van der Waals surface area contributed by atoms with Crippen LogP contribution in [0.3, 0.4) is 0 Å². The van der Waals surface area contributed by atoms with Gasteiger partial charge in [0.1, 0.15) is 5.69 Å². The van der Waals surface area contributed by atoms with E-state index in [1.54, 1.807) is 0 Å². The smallest absolute Gasteiger partial charge is 0.325 e. The average Bonchev–Trinajstić information content (AvgIpc) is 2.47. The molecule has 3 heterocycles. The van der Waals surface area contributed by atoms with Crippen molar-refractivity contribution >= 4 is 5.69 Å². The van der Waals surface area contributed by atoms with E-state index in [0.717, 1.165) is 24.5 Å². The third-order valence-electron chi connectivity index (χ3n) is 4.26. The highest BCUT2D eigenvalue weighted by atomic mass is 16.2. The van der Waals surface area contributed by atoms with Crippen LogP contribution in [0, 0.1) is 18.8 Å². The maximum absolute atomic E-state index is 12.0. The zero-order chi connectivity index (χ0) is 16.6. The molecule has 122 valence electrons. The van der Waals surface area contributed by atoms with E-state index in [1.165, 1.54) is 12.6 Å². The van der Waals surface area contributed by atoms with Crippen LogP contribution in [-0.4, -0.2) is 33.3 Å². The van der Waals surface area contributed by atoms with Gasteiger partial charge >= 0.3 is 5.69 Å². The van der Waals surface area contributed by atoms with Crippen LogP contribution in [-0.2, 0) is 0 Å². The Bertz CT molecular complexity index is 816. The van der Waals surface area contributed by atoms with Gasteiger partial charge in [0.25, 0.3) is 5.56 Å². The molecule has 2 aromatic heterocycles. The van der Waals surface area contributed by atoms with Gasteiger partial charge in [-0.1, -0.05) is 13.8 Å².